The van der Waals surface area contributed by atoms with Crippen LogP contribution in [0.5, 0.6) is 5.75 Å². The van der Waals surface area contributed by atoms with E-state index in [4.69, 9.17) is 9.29 Å². The number of benzene rings is 2. The third kappa shape index (κ3) is 12.8. The monoisotopic (exact) mass is 888 g/mol. The van der Waals surface area contributed by atoms with Crippen molar-refractivity contribution in [3.8, 4) is 5.75 Å². The van der Waals surface area contributed by atoms with Gasteiger partial charge in [0.15, 0.2) is 6.10 Å². The topological polar surface area (TPSA) is 308 Å². The number of hydrogen-bond donors (Lipinski definition) is 8. The Bertz CT molecular complexity index is 2120. The number of phenols is 1. The maximum atomic E-state index is 14.8. The van der Waals surface area contributed by atoms with E-state index in [1.54, 1.807) is 44.2 Å². The molecule has 0 spiro atoms. The Morgan fingerprint density at radius 2 is 1.55 bits per heavy atom. The molecule has 8 atom stereocenters. The smallest absolute Gasteiger partial charge is 0.397 e. The number of allylic oxidation sites excluding steroid dienone is 1. The van der Waals surface area contributed by atoms with E-state index in [1.807, 2.05) is 0 Å². The van der Waals surface area contributed by atoms with Crippen molar-refractivity contribution in [3.05, 3.63) is 77.5 Å². The summed E-state index contributed by atoms with van der Waals surface area (Å²) >= 11 is 0. The number of aliphatic hydroxyl groups excluding tert-OH is 2. The number of esters is 1. The predicted octanol–water partition coefficient (Wildman–Crippen LogP) is -1.43. The lowest BCUT2D eigenvalue weighted by Gasteiger charge is -2.43. The van der Waals surface area contributed by atoms with Gasteiger partial charge in [-0.1, -0.05) is 62.4 Å². The van der Waals surface area contributed by atoms with Gasteiger partial charge in [0.1, 0.15) is 60.6 Å². The lowest BCUT2D eigenvalue weighted by Crippen LogP contribution is -2.64. The summed E-state index contributed by atoms with van der Waals surface area (Å²) in [6.07, 6.45) is -4.86. The normalized spacial score (nSPS) is 26.1. The molecule has 2 aromatic carbocycles. The van der Waals surface area contributed by atoms with Gasteiger partial charge in [0, 0.05) is 19.9 Å². The van der Waals surface area contributed by atoms with E-state index in [0.717, 1.165) is 22.8 Å². The largest absolute Gasteiger partial charge is 0.508 e. The summed E-state index contributed by atoms with van der Waals surface area (Å²) in [6, 6.07) is 6.71. The molecule has 0 radical (unpaired) electrons. The summed E-state index contributed by atoms with van der Waals surface area (Å²) in [5, 5.41) is 41.1. The van der Waals surface area contributed by atoms with Crippen LogP contribution in [0.25, 0.3) is 0 Å². The fraction of sp³-hybridized carbons (Fsp3) is 0.475. The van der Waals surface area contributed by atoms with E-state index < -0.39 is 119 Å². The molecule has 0 aliphatic carbocycles. The van der Waals surface area contributed by atoms with Crippen LogP contribution in [0.1, 0.15) is 51.7 Å². The second-order valence-corrected chi connectivity index (χ2v) is 16.2. The number of likely N-dealkylation sites (N-methyl/N-ethyl adjacent to an activating group) is 1. The van der Waals surface area contributed by atoms with Crippen molar-refractivity contribution in [1.29, 1.82) is 0 Å². The van der Waals surface area contributed by atoms with Gasteiger partial charge in [-0.3, -0.25) is 33.3 Å². The number of ether oxygens (including phenoxy) is 1. The van der Waals surface area contributed by atoms with E-state index in [1.165, 1.54) is 38.2 Å². The number of piperidine rings is 1. The van der Waals surface area contributed by atoms with Crippen LogP contribution < -0.4 is 21.3 Å². The van der Waals surface area contributed by atoms with Gasteiger partial charge in [0.2, 0.25) is 17.7 Å². The number of aromatic hydroxyl groups is 1. The highest BCUT2D eigenvalue weighted by Crippen LogP contribution is 2.25. The fourth-order valence-electron chi connectivity index (χ4n) is 6.84. The summed E-state index contributed by atoms with van der Waals surface area (Å²) in [4.78, 5) is 100. The molecule has 0 saturated carbocycles. The molecule has 0 unspecified atom stereocenters. The second-order valence-electron chi connectivity index (χ2n) is 15.1. The maximum Gasteiger partial charge on any atom is 0.397 e. The maximum absolute atomic E-state index is 14.8. The molecule has 2 aromatic rings. The molecule has 62 heavy (non-hydrogen) atoms. The minimum Gasteiger partial charge on any atom is -0.508 e. The van der Waals surface area contributed by atoms with E-state index in [2.05, 4.69) is 25.5 Å². The van der Waals surface area contributed by atoms with Crippen molar-refractivity contribution in [2.24, 2.45) is 5.92 Å². The zero-order chi connectivity index (χ0) is 46.1. The fourth-order valence-corrected chi connectivity index (χ4v) is 7.14. The molecule has 4 rings (SSSR count). The SMILES string of the molecule is C/C=C1/NC(=O)[C@@H](NC(=O)[C@H](O)COS(=O)(=O)O)[C@@H](C)OC(=O)[C@H](C(C)C)NC(=O)[C@H](Cc2ccc(O)cc2)N(C)C(=O)[C@H](Cc2ccccc2)N2C(=O)[C@H](CC[C@@H]2O)NC1=O. The molecule has 22 heteroatoms. The Morgan fingerprint density at radius 1 is 0.935 bits per heavy atom. The third-order valence-electron chi connectivity index (χ3n) is 10.3. The highest BCUT2D eigenvalue weighted by Gasteiger charge is 2.45. The minimum atomic E-state index is -5.10. The van der Waals surface area contributed by atoms with Crippen LogP contribution in [0.2, 0.25) is 0 Å². The van der Waals surface area contributed by atoms with Gasteiger partial charge in [-0.25, -0.2) is 8.98 Å². The number of carbonyl (C=O) groups excluding carboxylic acids is 7. The average molecular weight is 889 g/mol. The lowest BCUT2D eigenvalue weighted by molar-refractivity contribution is -0.165. The quantitative estimate of drug-likeness (QED) is 0.0771. The van der Waals surface area contributed by atoms with Crippen molar-refractivity contribution in [3.63, 3.8) is 0 Å². The van der Waals surface area contributed by atoms with Gasteiger partial charge in [0.05, 0.1) is 0 Å². The van der Waals surface area contributed by atoms with E-state index in [9.17, 15) is 57.3 Å². The second kappa shape index (κ2) is 21.2. The van der Waals surface area contributed by atoms with Gasteiger partial charge >= 0.3 is 16.4 Å². The van der Waals surface area contributed by atoms with Gasteiger partial charge in [-0.15, -0.1) is 0 Å². The standard InChI is InChI=1S/C40H52N6O15S/c1-6-26-34(50)42-27-16-17-31(49)46(38(27)54)29(19-23-10-8-7-9-11-23)39(55)45(5)28(18-24-12-14-25(47)15-13-24)35(51)43-32(21(2)3)40(56)61-22(4)33(37(53)41-26)44-36(52)30(48)20-60-62(57,58)59/h6-15,21-22,27-33,47-49H,16-20H2,1-5H3,(H,41,53)(H,42,50)(H,43,51)(H,44,52)(H,57,58,59)/b26-6+/t22-,27+,28+,29+,30-,31+,32+,33+/m1/s1. The molecular weight excluding hydrogens is 837 g/mol. The van der Waals surface area contributed by atoms with Crippen LogP contribution in [0, 0.1) is 5.92 Å². The molecule has 21 nitrogen and oxygen atoms in total. The number of fused-ring (bicyclic) bond motifs is 2. The van der Waals surface area contributed by atoms with E-state index in [0.29, 0.717) is 11.1 Å². The van der Waals surface area contributed by atoms with Crippen LogP contribution in [-0.4, -0.2) is 142 Å². The molecule has 2 aliphatic rings. The molecule has 8 N–H and O–H groups in total. The summed E-state index contributed by atoms with van der Waals surface area (Å²) in [7, 11) is -3.79. The number of aliphatic hydroxyl groups is 2. The van der Waals surface area contributed by atoms with Crippen LogP contribution in [-0.2, 0) is 65.7 Å². The van der Waals surface area contributed by atoms with Crippen molar-refractivity contribution in [2.75, 3.05) is 13.7 Å². The summed E-state index contributed by atoms with van der Waals surface area (Å²) < 4.78 is 40.7. The van der Waals surface area contributed by atoms with Crippen LogP contribution in [0.15, 0.2) is 66.4 Å². The average Bonchev–Trinajstić information content (AvgIpc) is 3.22. The van der Waals surface area contributed by atoms with Gasteiger partial charge in [-0.05, 0) is 55.9 Å². The van der Waals surface area contributed by atoms with Crippen molar-refractivity contribution in [2.45, 2.75) is 102 Å². The Labute approximate surface area is 357 Å². The first kappa shape index (κ1) is 48.7. The highest BCUT2D eigenvalue weighted by molar-refractivity contribution is 7.80. The van der Waals surface area contributed by atoms with Crippen LogP contribution in [0.4, 0.5) is 0 Å². The number of nitrogens with zero attached hydrogens (tertiary/aromatic N) is 2. The van der Waals surface area contributed by atoms with Crippen molar-refractivity contribution in [1.82, 2.24) is 31.1 Å². The lowest BCUT2D eigenvalue weighted by atomic mass is 9.95. The molecule has 2 saturated heterocycles. The molecular formula is C40H52N6O15S. The molecule has 6 amide bonds. The predicted molar refractivity (Wildman–Crippen MR) is 216 cm³/mol. The number of phenolic OH excluding ortho intramolecular Hbond substituents is 1. The zero-order valence-electron chi connectivity index (χ0n) is 34.6. The first-order valence-corrected chi connectivity index (χ1v) is 21.0. The molecule has 2 fully saturated rings. The third-order valence-corrected chi connectivity index (χ3v) is 10.7. The van der Waals surface area contributed by atoms with Crippen LogP contribution >= 0.6 is 0 Å². The van der Waals surface area contributed by atoms with Gasteiger partial charge < -0.3 is 51.1 Å². The number of hydrogen-bond acceptors (Lipinski definition) is 14. The molecule has 2 bridgehead atoms. The summed E-state index contributed by atoms with van der Waals surface area (Å²) in [5.41, 5.74) is 0.592. The Kier molecular flexibility index (Phi) is 16.7. The van der Waals surface area contributed by atoms with Crippen molar-refractivity contribution >= 4 is 51.8 Å². The summed E-state index contributed by atoms with van der Waals surface area (Å²) in [5.74, 6) is -8.09. The molecule has 338 valence electrons. The number of cyclic esters (lactones) is 1. The minimum absolute atomic E-state index is 0.0762. The zero-order valence-corrected chi connectivity index (χ0v) is 35.4. The van der Waals surface area contributed by atoms with Crippen LogP contribution in [0.3, 0.4) is 0 Å². The number of amides is 6. The molecule has 0 aromatic heterocycles. The molecule has 2 aliphatic heterocycles. The van der Waals surface area contributed by atoms with E-state index in [-0.39, 0.29) is 31.4 Å². The van der Waals surface area contributed by atoms with Gasteiger partial charge in [0.25, 0.3) is 17.7 Å². The number of carbonyl (C=O) groups is 7. The number of nitrogens with one attached hydrogen (secondary N) is 4. The van der Waals surface area contributed by atoms with Crippen molar-refractivity contribution < 1.29 is 70.8 Å². The Morgan fingerprint density at radius 3 is 2.15 bits per heavy atom. The first-order chi connectivity index (χ1) is 29.1. The highest BCUT2D eigenvalue weighted by atomic mass is 32.3. The van der Waals surface area contributed by atoms with E-state index >= 15 is 0 Å². The Hall–Kier alpha value is -5.94. The van der Waals surface area contributed by atoms with Gasteiger partial charge in [-0.2, -0.15) is 8.42 Å². The Balaban J connectivity index is 1.84. The first-order valence-electron chi connectivity index (χ1n) is 19.6. The number of rotatable bonds is 10. The summed E-state index contributed by atoms with van der Waals surface area (Å²) in [6.45, 7) is 4.34. The molecule has 2 heterocycles.